The number of methoxy groups -OCH3 is 1. The largest absolute Gasteiger partial charge is 0.497 e. The average Bonchev–Trinajstić information content (AvgIpc) is 2.62. The van der Waals surface area contributed by atoms with Crippen molar-refractivity contribution >= 4 is 15.9 Å². The van der Waals surface area contributed by atoms with Gasteiger partial charge in [0.2, 0.25) is 0 Å². The highest BCUT2D eigenvalue weighted by molar-refractivity contribution is 9.09. The molecule has 1 aliphatic heterocycles. The lowest BCUT2D eigenvalue weighted by Crippen LogP contribution is -2.22. The summed E-state index contributed by atoms with van der Waals surface area (Å²) in [6.07, 6.45) is 0.331. The fourth-order valence-corrected chi connectivity index (χ4v) is 4.15. The molecule has 0 amide bonds. The van der Waals surface area contributed by atoms with Gasteiger partial charge in [-0.3, -0.25) is 0 Å². The van der Waals surface area contributed by atoms with Crippen molar-refractivity contribution in [3.8, 4) is 5.75 Å². The maximum atomic E-state index is 14.1. The lowest BCUT2D eigenvalue weighted by Gasteiger charge is -2.25. The van der Waals surface area contributed by atoms with Crippen molar-refractivity contribution in [3.63, 3.8) is 0 Å². The number of hydrogen-bond donors (Lipinski definition) is 0. The topological polar surface area (TPSA) is 18.5 Å². The molecule has 0 aromatic heterocycles. The highest BCUT2D eigenvalue weighted by Crippen LogP contribution is 2.45. The minimum Gasteiger partial charge on any atom is -0.497 e. The Morgan fingerprint density at radius 3 is 2.42 bits per heavy atom. The van der Waals surface area contributed by atoms with E-state index in [1.807, 2.05) is 0 Å². The minimum absolute atomic E-state index is 0.0478. The normalized spacial score (nSPS) is 32.3. The predicted molar refractivity (Wildman–Crippen MR) is 77.3 cm³/mol. The van der Waals surface area contributed by atoms with Crippen molar-refractivity contribution in [3.05, 3.63) is 29.6 Å². The third-order valence-electron chi connectivity index (χ3n) is 4.16. The Bertz CT molecular complexity index is 452. The molecule has 1 fully saturated rings. The van der Waals surface area contributed by atoms with Gasteiger partial charge in [0.1, 0.15) is 11.6 Å². The lowest BCUT2D eigenvalue weighted by molar-refractivity contribution is 0.0510. The second-order valence-corrected chi connectivity index (χ2v) is 6.26. The van der Waals surface area contributed by atoms with Crippen LogP contribution in [0.25, 0.3) is 0 Å². The zero-order chi connectivity index (χ0) is 14.2. The second kappa shape index (κ2) is 5.80. The molecule has 5 atom stereocenters. The van der Waals surface area contributed by atoms with E-state index < -0.39 is 0 Å². The van der Waals surface area contributed by atoms with Gasteiger partial charge in [-0.25, -0.2) is 4.39 Å². The third kappa shape index (κ3) is 2.79. The molecule has 19 heavy (non-hydrogen) atoms. The molecule has 0 bridgehead atoms. The maximum absolute atomic E-state index is 14.1. The van der Waals surface area contributed by atoms with Crippen LogP contribution in [0.5, 0.6) is 5.75 Å². The minimum atomic E-state index is -0.236. The zero-order valence-corrected chi connectivity index (χ0v) is 13.3. The average molecular weight is 331 g/mol. The molecule has 0 aliphatic carbocycles. The van der Waals surface area contributed by atoms with Crippen LogP contribution in [0.15, 0.2) is 18.2 Å². The molecule has 1 saturated heterocycles. The molecule has 1 aromatic carbocycles. The van der Waals surface area contributed by atoms with E-state index in [0.29, 0.717) is 17.2 Å². The first-order chi connectivity index (χ1) is 8.95. The van der Waals surface area contributed by atoms with E-state index in [2.05, 4.69) is 36.7 Å². The number of ether oxygens (including phenoxy) is 2. The van der Waals surface area contributed by atoms with Crippen LogP contribution in [0.2, 0.25) is 0 Å². The first-order valence-corrected chi connectivity index (χ1v) is 7.50. The second-order valence-electron chi connectivity index (χ2n) is 5.27. The van der Waals surface area contributed by atoms with Gasteiger partial charge in [-0.15, -0.1) is 0 Å². The summed E-state index contributed by atoms with van der Waals surface area (Å²) in [5.41, 5.74) is 0.669. The Hall–Kier alpha value is -0.610. The molecule has 1 aromatic rings. The molecule has 2 nitrogen and oxygen atoms in total. The number of hydrogen-bond acceptors (Lipinski definition) is 2. The highest BCUT2D eigenvalue weighted by Gasteiger charge is 2.41. The molecule has 5 unspecified atom stereocenters. The van der Waals surface area contributed by atoms with E-state index in [9.17, 15) is 4.39 Å². The van der Waals surface area contributed by atoms with Crippen LogP contribution in [-0.2, 0) is 4.74 Å². The summed E-state index contributed by atoms with van der Waals surface area (Å²) in [4.78, 5) is -0.0478. The molecule has 0 N–H and O–H groups in total. The van der Waals surface area contributed by atoms with Gasteiger partial charge >= 0.3 is 0 Å². The van der Waals surface area contributed by atoms with Gasteiger partial charge in [0.05, 0.1) is 19.3 Å². The van der Waals surface area contributed by atoms with Crippen molar-refractivity contribution in [1.82, 2.24) is 0 Å². The summed E-state index contributed by atoms with van der Waals surface area (Å²) in [5, 5.41) is 0. The quantitative estimate of drug-likeness (QED) is 0.768. The smallest absolute Gasteiger partial charge is 0.131 e. The van der Waals surface area contributed by atoms with Crippen LogP contribution < -0.4 is 4.74 Å². The summed E-state index contributed by atoms with van der Waals surface area (Å²) < 4.78 is 25.0. The Morgan fingerprint density at radius 2 is 1.95 bits per heavy atom. The van der Waals surface area contributed by atoms with Gasteiger partial charge in [-0.1, -0.05) is 28.9 Å². The summed E-state index contributed by atoms with van der Waals surface area (Å²) in [7, 11) is 1.54. The van der Waals surface area contributed by atoms with Crippen LogP contribution in [0, 0.1) is 17.7 Å². The summed E-state index contributed by atoms with van der Waals surface area (Å²) in [5.74, 6) is 0.956. The van der Waals surface area contributed by atoms with Crippen LogP contribution in [0.4, 0.5) is 4.39 Å². The molecule has 0 saturated carbocycles. The van der Waals surface area contributed by atoms with Crippen LogP contribution in [0.3, 0.4) is 0 Å². The van der Waals surface area contributed by atoms with Crippen molar-refractivity contribution in [2.45, 2.75) is 37.8 Å². The highest BCUT2D eigenvalue weighted by atomic mass is 79.9. The Kier molecular flexibility index (Phi) is 4.51. The zero-order valence-electron chi connectivity index (χ0n) is 11.7. The van der Waals surface area contributed by atoms with Gasteiger partial charge in [0.25, 0.3) is 0 Å². The molecular formula is C15H20BrFO2. The first-order valence-electron chi connectivity index (χ1n) is 6.58. The van der Waals surface area contributed by atoms with Gasteiger partial charge in [0.15, 0.2) is 0 Å². The fraction of sp³-hybridized carbons (Fsp3) is 0.600. The Morgan fingerprint density at radius 1 is 1.26 bits per heavy atom. The number of halogens is 2. The van der Waals surface area contributed by atoms with Crippen LogP contribution in [-0.4, -0.2) is 19.3 Å². The van der Waals surface area contributed by atoms with Gasteiger partial charge < -0.3 is 9.47 Å². The van der Waals surface area contributed by atoms with E-state index in [1.54, 1.807) is 12.1 Å². The van der Waals surface area contributed by atoms with Crippen molar-refractivity contribution in [1.29, 1.82) is 0 Å². The number of benzene rings is 1. The molecule has 2 rings (SSSR count). The summed E-state index contributed by atoms with van der Waals surface area (Å²) in [6, 6.07) is 5.01. The number of rotatable bonds is 3. The van der Waals surface area contributed by atoms with E-state index in [4.69, 9.17) is 9.47 Å². The Labute approximate surface area is 122 Å². The van der Waals surface area contributed by atoms with E-state index in [1.165, 1.54) is 13.2 Å². The molecule has 1 heterocycles. The van der Waals surface area contributed by atoms with Crippen molar-refractivity contribution < 1.29 is 13.9 Å². The van der Waals surface area contributed by atoms with Gasteiger partial charge in [-0.2, -0.15) is 0 Å². The third-order valence-corrected chi connectivity index (χ3v) is 5.27. The first kappa shape index (κ1) is 14.8. The monoisotopic (exact) mass is 330 g/mol. The number of alkyl halides is 1. The predicted octanol–water partition coefficient (Wildman–Crippen LogP) is 4.33. The van der Waals surface area contributed by atoms with E-state index in [-0.39, 0.29) is 28.8 Å². The SMILES string of the molecule is COc1ccc(C(Br)C2C(C)OC(C)C2C)c(F)c1. The summed E-state index contributed by atoms with van der Waals surface area (Å²) in [6.45, 7) is 6.29. The standard InChI is InChI=1S/C15H20BrFO2/c1-8-9(2)19-10(3)14(8)15(16)12-6-5-11(18-4)7-13(12)17/h5-10,14-15H,1-4H3. The van der Waals surface area contributed by atoms with E-state index >= 15 is 0 Å². The lowest BCUT2D eigenvalue weighted by atomic mass is 9.84. The van der Waals surface area contributed by atoms with Crippen LogP contribution >= 0.6 is 15.9 Å². The molecule has 106 valence electrons. The fourth-order valence-electron chi connectivity index (χ4n) is 2.86. The Balaban J connectivity index is 2.26. The van der Waals surface area contributed by atoms with E-state index in [0.717, 1.165) is 0 Å². The van der Waals surface area contributed by atoms with Crippen molar-refractivity contribution in [2.24, 2.45) is 11.8 Å². The molecule has 1 aliphatic rings. The van der Waals surface area contributed by atoms with Crippen LogP contribution in [0.1, 0.15) is 31.2 Å². The van der Waals surface area contributed by atoms with Crippen molar-refractivity contribution in [2.75, 3.05) is 7.11 Å². The molecule has 0 radical (unpaired) electrons. The van der Waals surface area contributed by atoms with Gasteiger partial charge in [0, 0.05) is 22.4 Å². The molecule has 0 spiro atoms. The molecular weight excluding hydrogens is 311 g/mol. The summed E-state index contributed by atoms with van der Waals surface area (Å²) >= 11 is 3.66. The molecule has 4 heteroatoms. The maximum Gasteiger partial charge on any atom is 0.131 e. The van der Waals surface area contributed by atoms with Gasteiger partial charge in [-0.05, 0) is 25.8 Å².